The summed E-state index contributed by atoms with van der Waals surface area (Å²) < 4.78 is 28.7. The first-order valence-corrected chi connectivity index (χ1v) is 9.10. The number of amides is 2. The minimum atomic E-state index is -3.02. The first-order chi connectivity index (χ1) is 10.3. The summed E-state index contributed by atoms with van der Waals surface area (Å²) >= 11 is 0. The van der Waals surface area contributed by atoms with E-state index in [1.54, 1.807) is 19.2 Å². The normalized spacial score (nSPS) is 19.9. The topological polar surface area (TPSA) is 75.7 Å². The quantitative estimate of drug-likeness (QED) is 0.919. The molecule has 1 atom stereocenters. The van der Waals surface area contributed by atoms with Crippen LogP contribution >= 0.6 is 0 Å². The number of rotatable bonds is 4. The van der Waals surface area contributed by atoms with Crippen LogP contribution in [0.4, 0.5) is 10.5 Å². The molecule has 0 spiro atoms. The fourth-order valence-corrected chi connectivity index (χ4v) is 4.15. The van der Waals surface area contributed by atoms with E-state index in [-0.39, 0.29) is 29.7 Å². The summed E-state index contributed by atoms with van der Waals surface area (Å²) in [6.07, 6.45) is 0.479. The van der Waals surface area contributed by atoms with Gasteiger partial charge in [-0.25, -0.2) is 13.2 Å². The molecule has 0 aromatic heterocycles. The van der Waals surface area contributed by atoms with Crippen LogP contribution in [0.5, 0.6) is 5.75 Å². The second-order valence-corrected chi connectivity index (χ2v) is 7.99. The van der Waals surface area contributed by atoms with E-state index in [0.29, 0.717) is 17.9 Å². The van der Waals surface area contributed by atoms with Crippen LogP contribution in [0.2, 0.25) is 0 Å². The van der Waals surface area contributed by atoms with Gasteiger partial charge in [0.1, 0.15) is 5.75 Å². The molecule has 0 saturated carbocycles. The summed E-state index contributed by atoms with van der Waals surface area (Å²) in [5.41, 5.74) is 0.578. The number of nitrogens with zero attached hydrogens (tertiary/aromatic N) is 1. The van der Waals surface area contributed by atoms with E-state index in [9.17, 15) is 13.2 Å². The largest absolute Gasteiger partial charge is 0.489 e. The molecular weight excluding hydrogens is 304 g/mol. The third-order valence-corrected chi connectivity index (χ3v) is 5.32. The van der Waals surface area contributed by atoms with Crippen LogP contribution in [0.1, 0.15) is 20.3 Å². The highest BCUT2D eigenvalue weighted by Crippen LogP contribution is 2.26. The van der Waals surface area contributed by atoms with E-state index in [0.717, 1.165) is 0 Å². The molecule has 0 radical (unpaired) electrons. The molecule has 1 N–H and O–H groups in total. The zero-order valence-corrected chi connectivity index (χ0v) is 13.9. The lowest BCUT2D eigenvalue weighted by molar-refractivity contribution is 0.208. The van der Waals surface area contributed by atoms with Crippen LogP contribution in [0.25, 0.3) is 0 Å². The summed E-state index contributed by atoms with van der Waals surface area (Å²) in [5, 5.41) is 2.79. The summed E-state index contributed by atoms with van der Waals surface area (Å²) in [4.78, 5) is 13.8. The molecule has 1 unspecified atom stereocenters. The Labute approximate surface area is 131 Å². The predicted octanol–water partition coefficient (Wildman–Crippen LogP) is 2.12. The highest BCUT2D eigenvalue weighted by Gasteiger charge is 2.32. The summed E-state index contributed by atoms with van der Waals surface area (Å²) in [6.45, 7) is 3.82. The van der Waals surface area contributed by atoms with Crippen molar-refractivity contribution in [3.63, 3.8) is 0 Å². The molecule has 0 aliphatic carbocycles. The van der Waals surface area contributed by atoms with Gasteiger partial charge in [-0.15, -0.1) is 0 Å². The highest BCUT2D eigenvalue weighted by molar-refractivity contribution is 7.91. The van der Waals surface area contributed by atoms with Crippen molar-refractivity contribution in [1.29, 1.82) is 0 Å². The summed E-state index contributed by atoms with van der Waals surface area (Å²) in [5.74, 6) is 0.766. The molecule has 1 aromatic rings. The maximum atomic E-state index is 12.3. The van der Waals surface area contributed by atoms with Crippen LogP contribution in [0.3, 0.4) is 0 Å². The second kappa shape index (κ2) is 6.56. The van der Waals surface area contributed by atoms with Gasteiger partial charge in [-0.3, -0.25) is 0 Å². The smallest absolute Gasteiger partial charge is 0.321 e. The predicted molar refractivity (Wildman–Crippen MR) is 86.0 cm³/mol. The molecule has 22 heavy (non-hydrogen) atoms. The van der Waals surface area contributed by atoms with Crippen molar-refractivity contribution < 1.29 is 17.9 Å². The van der Waals surface area contributed by atoms with Crippen LogP contribution in [-0.4, -0.2) is 50.0 Å². The number of nitrogens with one attached hydrogen (secondary N) is 1. The number of sulfone groups is 1. The lowest BCUT2D eigenvalue weighted by Gasteiger charge is -2.24. The van der Waals surface area contributed by atoms with Crippen molar-refractivity contribution in [2.45, 2.75) is 32.4 Å². The fraction of sp³-hybridized carbons (Fsp3) is 0.533. The lowest BCUT2D eigenvalue weighted by atomic mass is 10.2. The van der Waals surface area contributed by atoms with Gasteiger partial charge in [-0.2, -0.15) is 0 Å². The van der Waals surface area contributed by atoms with E-state index in [1.165, 1.54) is 4.90 Å². The molecular formula is C15H22N2O4S. The first kappa shape index (κ1) is 16.6. The van der Waals surface area contributed by atoms with Crippen molar-refractivity contribution in [2.24, 2.45) is 0 Å². The van der Waals surface area contributed by atoms with E-state index in [1.807, 2.05) is 26.0 Å². The maximum Gasteiger partial charge on any atom is 0.321 e. The minimum Gasteiger partial charge on any atom is -0.489 e. The first-order valence-electron chi connectivity index (χ1n) is 7.28. The van der Waals surface area contributed by atoms with Gasteiger partial charge < -0.3 is 15.0 Å². The lowest BCUT2D eigenvalue weighted by Crippen LogP contribution is -2.40. The van der Waals surface area contributed by atoms with Gasteiger partial charge >= 0.3 is 6.03 Å². The van der Waals surface area contributed by atoms with E-state index in [4.69, 9.17) is 4.74 Å². The fourth-order valence-electron chi connectivity index (χ4n) is 2.38. The monoisotopic (exact) mass is 326 g/mol. The maximum absolute atomic E-state index is 12.3. The molecule has 1 aliphatic rings. The number of urea groups is 1. The van der Waals surface area contributed by atoms with E-state index < -0.39 is 9.84 Å². The number of para-hydroxylation sites is 2. The number of hydrogen-bond donors (Lipinski definition) is 1. The Morgan fingerprint density at radius 3 is 2.64 bits per heavy atom. The number of hydrogen-bond acceptors (Lipinski definition) is 4. The Morgan fingerprint density at radius 2 is 2.05 bits per heavy atom. The van der Waals surface area contributed by atoms with Crippen molar-refractivity contribution in [3.8, 4) is 5.75 Å². The van der Waals surface area contributed by atoms with Crippen molar-refractivity contribution in [2.75, 3.05) is 23.9 Å². The van der Waals surface area contributed by atoms with Gasteiger partial charge in [0.25, 0.3) is 0 Å². The van der Waals surface area contributed by atoms with Gasteiger partial charge in [0, 0.05) is 13.1 Å². The molecule has 1 heterocycles. The van der Waals surface area contributed by atoms with Crippen molar-refractivity contribution in [3.05, 3.63) is 24.3 Å². The van der Waals surface area contributed by atoms with Gasteiger partial charge in [-0.1, -0.05) is 12.1 Å². The molecule has 0 bridgehead atoms. The van der Waals surface area contributed by atoms with Crippen molar-refractivity contribution >= 4 is 21.6 Å². The SMILES string of the molecule is CC(C)Oc1ccccc1NC(=O)N(C)C1CCS(=O)(=O)C1. The zero-order valence-electron chi connectivity index (χ0n) is 13.1. The molecule has 6 nitrogen and oxygen atoms in total. The van der Waals surface area contributed by atoms with Crippen LogP contribution in [-0.2, 0) is 9.84 Å². The van der Waals surface area contributed by atoms with Crippen LogP contribution in [0, 0.1) is 0 Å². The van der Waals surface area contributed by atoms with E-state index >= 15 is 0 Å². The third kappa shape index (κ3) is 4.13. The third-order valence-electron chi connectivity index (χ3n) is 3.57. The number of ether oxygens (including phenoxy) is 1. The molecule has 2 amide bonds. The number of anilines is 1. The van der Waals surface area contributed by atoms with Gasteiger partial charge in [0.15, 0.2) is 9.84 Å². The average Bonchev–Trinajstić information content (AvgIpc) is 2.79. The standard InChI is InChI=1S/C15H22N2O4S/c1-11(2)21-14-7-5-4-6-13(14)16-15(18)17(3)12-8-9-22(19,20)10-12/h4-7,11-12H,8-10H2,1-3H3,(H,16,18). The number of benzene rings is 1. The number of carbonyl (C=O) groups excluding carboxylic acids is 1. The molecule has 1 fully saturated rings. The molecule has 1 aromatic carbocycles. The minimum absolute atomic E-state index is 0.00393. The Hall–Kier alpha value is -1.76. The Balaban J connectivity index is 2.06. The van der Waals surface area contributed by atoms with E-state index in [2.05, 4.69) is 5.32 Å². The molecule has 1 aliphatic heterocycles. The summed E-state index contributed by atoms with van der Waals surface area (Å²) in [6, 6.07) is 6.58. The van der Waals surface area contributed by atoms with Crippen LogP contribution in [0.15, 0.2) is 24.3 Å². The molecule has 7 heteroatoms. The highest BCUT2D eigenvalue weighted by atomic mass is 32.2. The molecule has 2 rings (SSSR count). The van der Waals surface area contributed by atoms with Crippen LogP contribution < -0.4 is 10.1 Å². The second-order valence-electron chi connectivity index (χ2n) is 5.76. The summed E-state index contributed by atoms with van der Waals surface area (Å²) in [7, 11) is -1.40. The average molecular weight is 326 g/mol. The molecule has 1 saturated heterocycles. The van der Waals surface area contributed by atoms with Gasteiger partial charge in [0.2, 0.25) is 0 Å². The Bertz CT molecular complexity index is 643. The zero-order chi connectivity index (χ0) is 16.3. The number of carbonyl (C=O) groups is 1. The Morgan fingerprint density at radius 1 is 1.36 bits per heavy atom. The van der Waals surface area contributed by atoms with Crippen molar-refractivity contribution in [1.82, 2.24) is 4.90 Å². The molecule has 122 valence electrons. The van der Waals surface area contributed by atoms with Gasteiger partial charge in [-0.05, 0) is 32.4 Å². The van der Waals surface area contributed by atoms with Gasteiger partial charge in [0.05, 0.1) is 23.3 Å². The Kier molecular flexibility index (Phi) is 4.95.